The van der Waals surface area contributed by atoms with E-state index in [0.717, 1.165) is 41.3 Å². The lowest BCUT2D eigenvalue weighted by atomic mass is 10.2. The smallest absolute Gasteiger partial charge is 0.163 e. The van der Waals surface area contributed by atoms with Crippen molar-refractivity contribution < 1.29 is 4.74 Å². The van der Waals surface area contributed by atoms with Gasteiger partial charge in [-0.1, -0.05) is 18.2 Å². The first kappa shape index (κ1) is 15.2. The summed E-state index contributed by atoms with van der Waals surface area (Å²) in [4.78, 5) is 11.7. The molecule has 0 radical (unpaired) electrons. The zero-order valence-electron chi connectivity index (χ0n) is 13.9. The van der Waals surface area contributed by atoms with Crippen molar-refractivity contribution in [2.45, 2.75) is 19.6 Å². The number of aromatic nitrogens is 5. The number of nitrogens with zero attached hydrogens (tertiary/aromatic N) is 6. The molecule has 3 aromatic rings. The van der Waals surface area contributed by atoms with Gasteiger partial charge in [-0.3, -0.25) is 4.90 Å². The van der Waals surface area contributed by atoms with Crippen LogP contribution in [0.2, 0.25) is 0 Å². The zero-order chi connectivity index (χ0) is 16.5. The molecule has 0 aliphatic carbocycles. The maximum atomic E-state index is 5.86. The Morgan fingerprint density at radius 3 is 2.96 bits per heavy atom. The van der Waals surface area contributed by atoms with E-state index in [1.54, 1.807) is 6.33 Å². The second-order valence-corrected chi connectivity index (χ2v) is 6.14. The molecule has 1 aromatic carbocycles. The lowest BCUT2D eigenvalue weighted by molar-refractivity contribution is -0.0392. The van der Waals surface area contributed by atoms with E-state index < -0.39 is 0 Å². The average molecular weight is 324 g/mol. The summed E-state index contributed by atoms with van der Waals surface area (Å²) in [5.41, 5.74) is 2.02. The van der Waals surface area contributed by atoms with Crippen molar-refractivity contribution in [1.82, 2.24) is 29.6 Å². The minimum atomic E-state index is -0.0622. The standard InChI is InChI=1S/C17H20N6O/c1-12-13-5-3-4-6-14(13)20-16(19-12)10-23-7-8-24-15(9-23)17-21-18-11-22(17)2/h3-6,11,15H,7-10H2,1-2H3/t15-/m0/s1. The molecule has 24 heavy (non-hydrogen) atoms. The Balaban J connectivity index is 1.54. The molecule has 1 atom stereocenters. The molecule has 1 saturated heterocycles. The largest absolute Gasteiger partial charge is 0.368 e. The molecule has 0 saturated carbocycles. The molecule has 7 heteroatoms. The second kappa shape index (κ2) is 6.26. The molecule has 4 rings (SSSR count). The molecule has 124 valence electrons. The topological polar surface area (TPSA) is 69.0 Å². The molecule has 1 aliphatic rings. The fourth-order valence-corrected chi connectivity index (χ4v) is 3.15. The van der Waals surface area contributed by atoms with Crippen molar-refractivity contribution in [2.75, 3.05) is 19.7 Å². The predicted molar refractivity (Wildman–Crippen MR) is 89.2 cm³/mol. The quantitative estimate of drug-likeness (QED) is 0.729. The minimum absolute atomic E-state index is 0.0622. The van der Waals surface area contributed by atoms with E-state index in [4.69, 9.17) is 9.72 Å². The fraction of sp³-hybridized carbons (Fsp3) is 0.412. The van der Waals surface area contributed by atoms with Crippen LogP contribution in [0.25, 0.3) is 10.9 Å². The van der Waals surface area contributed by atoms with Gasteiger partial charge in [-0.05, 0) is 13.0 Å². The Labute approximate surface area is 140 Å². The van der Waals surface area contributed by atoms with Gasteiger partial charge in [0.15, 0.2) is 5.82 Å². The number of para-hydroxylation sites is 1. The summed E-state index contributed by atoms with van der Waals surface area (Å²) in [6.45, 7) is 5.05. The summed E-state index contributed by atoms with van der Waals surface area (Å²) in [6.07, 6.45) is 1.64. The summed E-state index contributed by atoms with van der Waals surface area (Å²) >= 11 is 0. The van der Waals surface area contributed by atoms with Crippen LogP contribution in [0.1, 0.15) is 23.4 Å². The molecule has 1 fully saturated rings. The van der Waals surface area contributed by atoms with Crippen LogP contribution in [0.4, 0.5) is 0 Å². The molecular weight excluding hydrogens is 304 g/mol. The summed E-state index contributed by atoms with van der Waals surface area (Å²) in [5, 5.41) is 9.22. The third-order valence-electron chi connectivity index (χ3n) is 4.39. The lowest BCUT2D eigenvalue weighted by Gasteiger charge is -2.31. The van der Waals surface area contributed by atoms with Crippen LogP contribution in [-0.2, 0) is 18.3 Å². The monoisotopic (exact) mass is 324 g/mol. The summed E-state index contributed by atoms with van der Waals surface area (Å²) < 4.78 is 7.77. The predicted octanol–water partition coefficient (Wildman–Crippen LogP) is 1.64. The minimum Gasteiger partial charge on any atom is -0.368 e. The Morgan fingerprint density at radius 1 is 1.25 bits per heavy atom. The van der Waals surface area contributed by atoms with Crippen molar-refractivity contribution in [3.63, 3.8) is 0 Å². The van der Waals surface area contributed by atoms with Crippen LogP contribution < -0.4 is 0 Å². The van der Waals surface area contributed by atoms with Crippen LogP contribution in [0.15, 0.2) is 30.6 Å². The number of benzene rings is 1. The van der Waals surface area contributed by atoms with E-state index in [2.05, 4.69) is 26.1 Å². The molecule has 0 unspecified atom stereocenters. The molecule has 0 bridgehead atoms. The van der Waals surface area contributed by atoms with Crippen molar-refractivity contribution in [2.24, 2.45) is 7.05 Å². The van der Waals surface area contributed by atoms with E-state index in [-0.39, 0.29) is 6.10 Å². The van der Waals surface area contributed by atoms with Gasteiger partial charge in [-0.2, -0.15) is 0 Å². The molecule has 7 nitrogen and oxygen atoms in total. The zero-order valence-corrected chi connectivity index (χ0v) is 13.9. The highest BCUT2D eigenvalue weighted by Gasteiger charge is 2.26. The van der Waals surface area contributed by atoms with Gasteiger partial charge in [0.05, 0.1) is 18.7 Å². The third-order valence-corrected chi connectivity index (χ3v) is 4.39. The summed E-state index contributed by atoms with van der Waals surface area (Å²) in [7, 11) is 1.94. The summed E-state index contributed by atoms with van der Waals surface area (Å²) in [6, 6.07) is 8.13. The van der Waals surface area contributed by atoms with E-state index in [1.165, 1.54) is 0 Å². The van der Waals surface area contributed by atoms with Gasteiger partial charge in [-0.15, -0.1) is 10.2 Å². The van der Waals surface area contributed by atoms with Gasteiger partial charge in [-0.25, -0.2) is 9.97 Å². The first-order chi connectivity index (χ1) is 11.7. The fourth-order valence-electron chi connectivity index (χ4n) is 3.15. The first-order valence-electron chi connectivity index (χ1n) is 8.11. The average Bonchev–Trinajstić information content (AvgIpc) is 3.01. The first-order valence-corrected chi connectivity index (χ1v) is 8.11. The number of hydrogen-bond donors (Lipinski definition) is 0. The van der Waals surface area contributed by atoms with Crippen LogP contribution in [-0.4, -0.2) is 49.3 Å². The number of rotatable bonds is 3. The van der Waals surface area contributed by atoms with Crippen LogP contribution in [0, 0.1) is 6.92 Å². The van der Waals surface area contributed by atoms with Gasteiger partial charge in [0, 0.05) is 31.2 Å². The number of fused-ring (bicyclic) bond motifs is 1. The van der Waals surface area contributed by atoms with Crippen LogP contribution >= 0.6 is 0 Å². The number of morpholine rings is 1. The van der Waals surface area contributed by atoms with Gasteiger partial charge < -0.3 is 9.30 Å². The van der Waals surface area contributed by atoms with Crippen molar-refractivity contribution >= 4 is 10.9 Å². The van der Waals surface area contributed by atoms with Gasteiger partial charge in [0.2, 0.25) is 0 Å². The van der Waals surface area contributed by atoms with Crippen molar-refractivity contribution in [1.29, 1.82) is 0 Å². The molecule has 2 aromatic heterocycles. The number of hydrogen-bond acceptors (Lipinski definition) is 6. The van der Waals surface area contributed by atoms with E-state index in [9.17, 15) is 0 Å². The van der Waals surface area contributed by atoms with Crippen molar-refractivity contribution in [3.05, 3.63) is 47.9 Å². The molecule has 1 aliphatic heterocycles. The SMILES string of the molecule is Cc1nc(CN2CCO[C@H](c3nncn3C)C2)nc2ccccc12. The van der Waals surface area contributed by atoms with Gasteiger partial charge in [0.25, 0.3) is 0 Å². The van der Waals surface area contributed by atoms with Gasteiger partial charge >= 0.3 is 0 Å². The Bertz CT molecular complexity index is 861. The number of ether oxygens (including phenoxy) is 1. The van der Waals surface area contributed by atoms with E-state index in [0.29, 0.717) is 13.2 Å². The van der Waals surface area contributed by atoms with E-state index in [1.807, 2.05) is 36.7 Å². The van der Waals surface area contributed by atoms with E-state index >= 15 is 0 Å². The summed E-state index contributed by atoms with van der Waals surface area (Å²) in [5.74, 6) is 1.71. The highest BCUT2D eigenvalue weighted by atomic mass is 16.5. The highest BCUT2D eigenvalue weighted by molar-refractivity contribution is 5.80. The Kier molecular flexibility index (Phi) is 3.95. The second-order valence-electron chi connectivity index (χ2n) is 6.14. The maximum Gasteiger partial charge on any atom is 0.163 e. The Morgan fingerprint density at radius 2 is 2.12 bits per heavy atom. The van der Waals surface area contributed by atoms with Crippen molar-refractivity contribution in [3.8, 4) is 0 Å². The third kappa shape index (κ3) is 2.88. The normalized spacial score (nSPS) is 19.0. The van der Waals surface area contributed by atoms with Gasteiger partial charge in [0.1, 0.15) is 18.3 Å². The number of aryl methyl sites for hydroxylation is 2. The molecular formula is C17H20N6O. The van der Waals surface area contributed by atoms with Crippen LogP contribution in [0.3, 0.4) is 0 Å². The Hall–Kier alpha value is -2.38. The van der Waals surface area contributed by atoms with Crippen LogP contribution in [0.5, 0.6) is 0 Å². The highest BCUT2D eigenvalue weighted by Crippen LogP contribution is 2.21. The molecule has 3 heterocycles. The molecule has 0 amide bonds. The molecule has 0 N–H and O–H groups in total. The molecule has 0 spiro atoms. The maximum absolute atomic E-state index is 5.86. The lowest BCUT2D eigenvalue weighted by Crippen LogP contribution is -2.39.